The van der Waals surface area contributed by atoms with Gasteiger partial charge in [-0.1, -0.05) is 22.7 Å². The molecule has 3 heterocycles. The summed E-state index contributed by atoms with van der Waals surface area (Å²) in [6, 6.07) is 0. The second-order valence-electron chi connectivity index (χ2n) is 9.51. The van der Waals surface area contributed by atoms with Crippen LogP contribution < -0.4 is 0 Å². The van der Waals surface area contributed by atoms with Crippen molar-refractivity contribution >= 4 is 40.2 Å². The Balaban J connectivity index is 1.13. The fourth-order valence-corrected chi connectivity index (χ4v) is 7.76. The maximum Gasteiger partial charge on any atom is 0.275 e. The number of nitrogens with zero attached hydrogens (tertiary/aromatic N) is 4. The average Bonchev–Trinajstić information content (AvgIpc) is 3.48. The molecule has 1 aromatic rings. The van der Waals surface area contributed by atoms with Crippen molar-refractivity contribution in [3.63, 3.8) is 0 Å². The van der Waals surface area contributed by atoms with Crippen molar-refractivity contribution in [2.24, 2.45) is 28.7 Å². The molecule has 2 saturated carbocycles. The van der Waals surface area contributed by atoms with Crippen LogP contribution in [0.1, 0.15) is 68.8 Å². The van der Waals surface area contributed by atoms with E-state index in [9.17, 15) is 9.59 Å². The number of aromatic nitrogens is 2. The van der Waals surface area contributed by atoms with Gasteiger partial charge in [-0.05, 0) is 87.1 Å². The summed E-state index contributed by atoms with van der Waals surface area (Å²) in [5.41, 5.74) is 0.445. The topological polar surface area (TPSA) is 75.5 Å². The van der Waals surface area contributed by atoms with Crippen LogP contribution in [0.15, 0.2) is 10.4 Å². The van der Waals surface area contributed by atoms with E-state index >= 15 is 0 Å². The third kappa shape index (κ3) is 3.90. The zero-order valence-corrected chi connectivity index (χ0v) is 18.5. The third-order valence-corrected chi connectivity index (χ3v) is 9.29. The van der Waals surface area contributed by atoms with Gasteiger partial charge >= 0.3 is 0 Å². The number of rotatable bonds is 5. The first-order valence-corrected chi connectivity index (χ1v) is 12.5. The number of amides is 2. The smallest absolute Gasteiger partial charge is 0.275 e. The summed E-state index contributed by atoms with van der Waals surface area (Å²) in [5.74, 6) is 3.07. The molecule has 1 aromatic heterocycles. The van der Waals surface area contributed by atoms with Crippen molar-refractivity contribution in [2.75, 3.05) is 13.1 Å². The minimum absolute atomic E-state index is 0.0220. The quantitative estimate of drug-likeness (QED) is 0.702. The first-order valence-electron chi connectivity index (χ1n) is 10.9. The molecule has 2 aliphatic heterocycles. The molecule has 156 valence electrons. The molecule has 3 fully saturated rings. The van der Waals surface area contributed by atoms with Gasteiger partial charge in [-0.3, -0.25) is 9.59 Å². The lowest BCUT2D eigenvalue weighted by Gasteiger charge is -2.34. The van der Waals surface area contributed by atoms with Crippen LogP contribution in [0.5, 0.6) is 0 Å². The SMILES string of the molecule is CC1(CC2CCN(C(=O)c3csnn3)CC2)SC(C[C@H]2C[C@@H]3CC[C@H]2C3)=NC1=O. The minimum Gasteiger partial charge on any atom is -0.337 e. The van der Waals surface area contributed by atoms with Crippen LogP contribution in [0.25, 0.3) is 0 Å². The molecule has 0 radical (unpaired) electrons. The molecule has 1 saturated heterocycles. The van der Waals surface area contributed by atoms with Crippen LogP contribution >= 0.6 is 23.3 Å². The second kappa shape index (κ2) is 7.76. The molecule has 5 rings (SSSR count). The van der Waals surface area contributed by atoms with E-state index < -0.39 is 4.75 Å². The van der Waals surface area contributed by atoms with Crippen molar-refractivity contribution in [2.45, 2.75) is 63.0 Å². The van der Waals surface area contributed by atoms with Crippen LogP contribution in [-0.4, -0.2) is 49.2 Å². The van der Waals surface area contributed by atoms with Crippen LogP contribution in [0.2, 0.25) is 0 Å². The molecule has 2 aliphatic carbocycles. The van der Waals surface area contributed by atoms with E-state index in [1.165, 1.54) is 37.2 Å². The largest absolute Gasteiger partial charge is 0.337 e. The van der Waals surface area contributed by atoms with E-state index in [1.807, 2.05) is 4.90 Å². The highest BCUT2D eigenvalue weighted by molar-refractivity contribution is 8.16. The molecule has 0 N–H and O–H groups in total. The molecular weight excluding hydrogens is 404 g/mol. The summed E-state index contributed by atoms with van der Waals surface area (Å²) in [5, 5.41) is 6.68. The molecule has 4 aliphatic rings. The molecule has 8 heteroatoms. The predicted octanol–water partition coefficient (Wildman–Crippen LogP) is 4.04. The van der Waals surface area contributed by atoms with Crippen molar-refractivity contribution < 1.29 is 9.59 Å². The van der Waals surface area contributed by atoms with E-state index in [0.29, 0.717) is 11.6 Å². The Morgan fingerprint density at radius 1 is 1.24 bits per heavy atom. The van der Waals surface area contributed by atoms with Crippen molar-refractivity contribution in [1.82, 2.24) is 14.5 Å². The molecule has 1 unspecified atom stereocenters. The van der Waals surface area contributed by atoms with Crippen molar-refractivity contribution in [3.05, 3.63) is 11.1 Å². The lowest BCUT2D eigenvalue weighted by molar-refractivity contribution is -0.119. The summed E-state index contributed by atoms with van der Waals surface area (Å²) >= 11 is 2.94. The van der Waals surface area contributed by atoms with Gasteiger partial charge in [-0.2, -0.15) is 0 Å². The van der Waals surface area contributed by atoms with Gasteiger partial charge in [0.25, 0.3) is 11.8 Å². The number of thioether (sulfide) groups is 1. The van der Waals surface area contributed by atoms with Crippen molar-refractivity contribution in [3.8, 4) is 0 Å². The fourth-order valence-electron chi connectivity index (χ4n) is 5.94. The number of hydrogen-bond acceptors (Lipinski definition) is 6. The number of carbonyl (C=O) groups excluding carboxylic acids is 2. The first-order chi connectivity index (χ1) is 14.0. The van der Waals surface area contributed by atoms with E-state index in [4.69, 9.17) is 0 Å². The van der Waals surface area contributed by atoms with Crippen LogP contribution in [0.4, 0.5) is 0 Å². The van der Waals surface area contributed by atoms with Gasteiger partial charge in [0.1, 0.15) is 4.75 Å². The maximum atomic E-state index is 12.8. The minimum atomic E-state index is -0.414. The van der Waals surface area contributed by atoms with Gasteiger partial charge < -0.3 is 4.90 Å². The summed E-state index contributed by atoms with van der Waals surface area (Å²) in [7, 11) is 0. The number of likely N-dealkylation sites (tertiary alicyclic amines) is 1. The Hall–Kier alpha value is -1.28. The maximum absolute atomic E-state index is 12.8. The fraction of sp³-hybridized carbons (Fsp3) is 0.762. The predicted molar refractivity (Wildman–Crippen MR) is 115 cm³/mol. The Kier molecular flexibility index (Phi) is 5.26. The first kappa shape index (κ1) is 19.7. The molecule has 2 bridgehead atoms. The number of hydrogen-bond donors (Lipinski definition) is 0. The molecule has 0 spiro atoms. The van der Waals surface area contributed by atoms with E-state index in [0.717, 1.165) is 61.6 Å². The second-order valence-corrected chi connectivity index (χ2v) is 11.7. The number of carbonyl (C=O) groups is 2. The molecular formula is C21H28N4O2S2. The number of piperidine rings is 1. The van der Waals surface area contributed by atoms with E-state index in [-0.39, 0.29) is 11.8 Å². The van der Waals surface area contributed by atoms with Crippen LogP contribution in [-0.2, 0) is 4.79 Å². The monoisotopic (exact) mass is 432 g/mol. The highest BCUT2D eigenvalue weighted by Crippen LogP contribution is 2.51. The van der Waals surface area contributed by atoms with E-state index in [2.05, 4.69) is 21.5 Å². The summed E-state index contributed by atoms with van der Waals surface area (Å²) in [4.78, 5) is 31.6. The Morgan fingerprint density at radius 2 is 2.07 bits per heavy atom. The van der Waals surface area contributed by atoms with E-state index in [1.54, 1.807) is 17.1 Å². The summed E-state index contributed by atoms with van der Waals surface area (Å²) < 4.78 is 3.37. The summed E-state index contributed by atoms with van der Waals surface area (Å²) in [6.07, 6.45) is 9.30. The standard InChI is InChI=1S/C21H28N4O2S2/c1-21(11-13-4-6-25(7-5-13)19(26)17-12-28-24-23-17)20(27)22-18(29-21)10-16-9-14-2-3-15(16)8-14/h12-16H,2-11H2,1H3/t14-,15+,16-,21?/m1/s1. The van der Waals surface area contributed by atoms with Gasteiger partial charge in [0.2, 0.25) is 0 Å². The van der Waals surface area contributed by atoms with Gasteiger partial charge in [0, 0.05) is 18.5 Å². The van der Waals surface area contributed by atoms with Crippen LogP contribution in [0, 0.1) is 23.7 Å². The number of fused-ring (bicyclic) bond motifs is 2. The molecule has 4 atom stereocenters. The Morgan fingerprint density at radius 3 is 2.72 bits per heavy atom. The number of aliphatic imine (C=N–C) groups is 1. The molecule has 0 aromatic carbocycles. The molecule has 6 nitrogen and oxygen atoms in total. The van der Waals surface area contributed by atoms with Gasteiger partial charge in [-0.25, -0.2) is 4.99 Å². The highest BCUT2D eigenvalue weighted by atomic mass is 32.2. The highest BCUT2D eigenvalue weighted by Gasteiger charge is 2.46. The van der Waals surface area contributed by atoms with Crippen LogP contribution in [0.3, 0.4) is 0 Å². The van der Waals surface area contributed by atoms with Gasteiger partial charge in [0.05, 0.1) is 5.04 Å². The van der Waals surface area contributed by atoms with Crippen molar-refractivity contribution in [1.29, 1.82) is 0 Å². The lowest BCUT2D eigenvalue weighted by Crippen LogP contribution is -2.41. The molecule has 2 amide bonds. The normalized spacial score (nSPS) is 34.8. The third-order valence-electron chi connectivity index (χ3n) is 7.50. The molecule has 29 heavy (non-hydrogen) atoms. The van der Waals surface area contributed by atoms with Gasteiger partial charge in [0.15, 0.2) is 5.69 Å². The Labute approximate surface area is 180 Å². The zero-order valence-electron chi connectivity index (χ0n) is 16.9. The average molecular weight is 433 g/mol. The van der Waals surface area contributed by atoms with Gasteiger partial charge in [-0.15, -0.1) is 5.10 Å². The Bertz CT molecular complexity index is 819. The zero-order chi connectivity index (χ0) is 20.0. The lowest BCUT2D eigenvalue weighted by atomic mass is 9.86. The summed E-state index contributed by atoms with van der Waals surface area (Å²) in [6.45, 7) is 3.54.